The van der Waals surface area contributed by atoms with Gasteiger partial charge in [0, 0.05) is 36.7 Å². The van der Waals surface area contributed by atoms with Crippen molar-refractivity contribution in [3.8, 4) is 11.4 Å². The van der Waals surface area contributed by atoms with Gasteiger partial charge in [0.05, 0.1) is 18.8 Å². The summed E-state index contributed by atoms with van der Waals surface area (Å²) in [5.74, 6) is 1.41. The molecule has 4 atom stereocenters. The van der Waals surface area contributed by atoms with Crippen molar-refractivity contribution >= 4 is 5.69 Å². The molecule has 4 rings (SSSR count). The van der Waals surface area contributed by atoms with E-state index < -0.39 is 24.4 Å². The molecule has 5 N–H and O–H groups in total. The number of rotatable bonds is 11. The van der Waals surface area contributed by atoms with Crippen molar-refractivity contribution in [1.29, 1.82) is 0 Å². The van der Waals surface area contributed by atoms with Crippen LogP contribution in [0.3, 0.4) is 0 Å². The number of unbranched alkanes of at least 4 members (excludes halogenated alkanes) is 3. The molecule has 0 radical (unpaired) electrons. The summed E-state index contributed by atoms with van der Waals surface area (Å²) in [6, 6.07) is 7.89. The number of β-amino-alcohol motifs (C(OH)–C–C–N with tert-alkyl or cyclic N) is 1. The van der Waals surface area contributed by atoms with Crippen LogP contribution in [0.2, 0.25) is 0 Å². The van der Waals surface area contributed by atoms with E-state index in [4.69, 9.17) is 0 Å². The Balaban J connectivity index is 1.21. The van der Waals surface area contributed by atoms with Gasteiger partial charge in [0.2, 0.25) is 0 Å². The number of aliphatic hydroxyl groups is 4. The zero-order valence-electron chi connectivity index (χ0n) is 19.1. The van der Waals surface area contributed by atoms with Gasteiger partial charge in [-0.1, -0.05) is 12.8 Å². The number of benzene rings is 1. The molecule has 1 saturated carbocycles. The Kier molecular flexibility index (Phi) is 8.27. The van der Waals surface area contributed by atoms with E-state index in [1.165, 1.54) is 18.4 Å². The van der Waals surface area contributed by atoms with E-state index in [9.17, 15) is 20.4 Å². The van der Waals surface area contributed by atoms with Gasteiger partial charge in [0.25, 0.3) is 0 Å². The number of likely N-dealkylation sites (tertiary alicyclic amines) is 1. The molecule has 1 saturated heterocycles. The molecule has 8 heteroatoms. The summed E-state index contributed by atoms with van der Waals surface area (Å²) in [5, 5.41) is 42.9. The second kappa shape index (κ2) is 11.4. The monoisotopic (exact) mass is 456 g/mol. The normalized spacial score (nSPS) is 25.8. The number of hydrogen-bond acceptors (Lipinski definition) is 8. The third-order valence-corrected chi connectivity index (χ3v) is 6.75. The highest BCUT2D eigenvalue weighted by atomic mass is 16.4. The Morgan fingerprint density at radius 1 is 0.939 bits per heavy atom. The quantitative estimate of drug-likeness (QED) is 0.324. The van der Waals surface area contributed by atoms with Gasteiger partial charge in [0.15, 0.2) is 5.82 Å². The standard InChI is InChI=1S/C25H36N4O4/c30-16-21-23(32)24(33)22(31)15-29(21)11-4-2-1-3-8-26-20-13-18(17-6-7-17)12-19(14-20)25-27-9-5-10-28-25/h5,9-10,12-14,17,21-24,26,30-33H,1-4,6-8,11,15-16H2/t21-,22+,23-,24-/m1/s1. The Hall–Kier alpha value is -2.10. The van der Waals surface area contributed by atoms with Crippen molar-refractivity contribution in [3.63, 3.8) is 0 Å². The molecule has 1 aromatic heterocycles. The summed E-state index contributed by atoms with van der Waals surface area (Å²) in [6.45, 7) is 1.61. The zero-order chi connectivity index (χ0) is 23.2. The van der Waals surface area contributed by atoms with E-state index in [-0.39, 0.29) is 13.2 Å². The lowest BCUT2D eigenvalue weighted by molar-refractivity contribution is -0.145. The van der Waals surface area contributed by atoms with Crippen LogP contribution >= 0.6 is 0 Å². The largest absolute Gasteiger partial charge is 0.395 e. The van der Waals surface area contributed by atoms with Crippen molar-refractivity contribution in [2.24, 2.45) is 0 Å². The number of nitrogens with zero attached hydrogens (tertiary/aromatic N) is 3. The first-order valence-electron chi connectivity index (χ1n) is 12.1. The van der Waals surface area contributed by atoms with Crippen LogP contribution in [0, 0.1) is 0 Å². The minimum Gasteiger partial charge on any atom is -0.395 e. The summed E-state index contributed by atoms with van der Waals surface area (Å²) in [4.78, 5) is 10.7. The molecule has 8 nitrogen and oxygen atoms in total. The molecule has 2 heterocycles. The smallest absolute Gasteiger partial charge is 0.159 e. The molecule has 1 aromatic carbocycles. The lowest BCUT2D eigenvalue weighted by atomic mass is 9.94. The third kappa shape index (κ3) is 6.28. The SMILES string of the molecule is OC[C@@H]1[C@@H](O)[C@H](O)[C@@H](O)CN1CCCCCCNc1cc(-c2ncccn2)cc(C2CC2)c1. The predicted octanol–water partition coefficient (Wildman–Crippen LogP) is 1.75. The molecule has 0 spiro atoms. The fraction of sp³-hybridized carbons (Fsp3) is 0.600. The van der Waals surface area contributed by atoms with Crippen LogP contribution in [0.15, 0.2) is 36.7 Å². The van der Waals surface area contributed by atoms with Crippen LogP contribution in [0.4, 0.5) is 5.69 Å². The fourth-order valence-corrected chi connectivity index (χ4v) is 4.64. The van der Waals surface area contributed by atoms with Crippen LogP contribution in [-0.4, -0.2) is 85.9 Å². The zero-order valence-corrected chi connectivity index (χ0v) is 19.1. The Morgan fingerprint density at radius 2 is 1.70 bits per heavy atom. The number of piperidine rings is 1. The number of hydrogen-bond donors (Lipinski definition) is 5. The molecule has 2 fully saturated rings. The Morgan fingerprint density at radius 3 is 2.42 bits per heavy atom. The molecular weight excluding hydrogens is 420 g/mol. The number of anilines is 1. The second-order valence-electron chi connectivity index (χ2n) is 9.32. The molecule has 0 amide bonds. The van der Waals surface area contributed by atoms with E-state index in [1.54, 1.807) is 12.4 Å². The molecule has 1 aliphatic heterocycles. The van der Waals surface area contributed by atoms with Gasteiger partial charge in [-0.15, -0.1) is 0 Å². The number of aromatic nitrogens is 2. The van der Waals surface area contributed by atoms with E-state index >= 15 is 0 Å². The molecule has 33 heavy (non-hydrogen) atoms. The molecule has 2 aliphatic rings. The summed E-state index contributed by atoms with van der Waals surface area (Å²) >= 11 is 0. The molecule has 0 bridgehead atoms. The minimum atomic E-state index is -1.20. The third-order valence-electron chi connectivity index (χ3n) is 6.75. The maximum absolute atomic E-state index is 10.1. The van der Waals surface area contributed by atoms with Crippen molar-refractivity contribution in [1.82, 2.24) is 14.9 Å². The van der Waals surface area contributed by atoms with Gasteiger partial charge in [-0.25, -0.2) is 9.97 Å². The lowest BCUT2D eigenvalue weighted by Crippen LogP contribution is -2.62. The first-order chi connectivity index (χ1) is 16.1. The highest BCUT2D eigenvalue weighted by Gasteiger charge is 2.40. The molecule has 0 unspecified atom stereocenters. The molecule has 2 aromatic rings. The average Bonchev–Trinajstić information content (AvgIpc) is 3.68. The highest BCUT2D eigenvalue weighted by molar-refractivity contribution is 5.64. The van der Waals surface area contributed by atoms with Crippen LogP contribution in [0.25, 0.3) is 11.4 Å². The van der Waals surface area contributed by atoms with Gasteiger partial charge in [-0.05, 0) is 68.0 Å². The van der Waals surface area contributed by atoms with Crippen molar-refractivity contribution in [2.75, 3.05) is 31.6 Å². The number of aliphatic hydroxyl groups excluding tert-OH is 4. The van der Waals surface area contributed by atoms with Gasteiger partial charge in [0.1, 0.15) is 12.2 Å². The fourth-order valence-electron chi connectivity index (χ4n) is 4.64. The van der Waals surface area contributed by atoms with E-state index in [0.29, 0.717) is 12.5 Å². The highest BCUT2D eigenvalue weighted by Crippen LogP contribution is 2.42. The van der Waals surface area contributed by atoms with Crippen LogP contribution in [-0.2, 0) is 0 Å². The van der Waals surface area contributed by atoms with Gasteiger partial charge in [-0.2, -0.15) is 0 Å². The van der Waals surface area contributed by atoms with Crippen molar-refractivity contribution < 1.29 is 20.4 Å². The van der Waals surface area contributed by atoms with Gasteiger partial charge >= 0.3 is 0 Å². The molecular formula is C25H36N4O4. The van der Waals surface area contributed by atoms with E-state index in [2.05, 4.69) is 33.5 Å². The maximum atomic E-state index is 10.1. The summed E-state index contributed by atoms with van der Waals surface area (Å²) in [5.41, 5.74) is 3.52. The minimum absolute atomic E-state index is 0.231. The van der Waals surface area contributed by atoms with Crippen LogP contribution in [0.1, 0.15) is 50.0 Å². The maximum Gasteiger partial charge on any atom is 0.159 e. The lowest BCUT2D eigenvalue weighted by Gasteiger charge is -2.43. The van der Waals surface area contributed by atoms with Gasteiger partial charge < -0.3 is 25.7 Å². The molecule has 1 aliphatic carbocycles. The summed E-state index contributed by atoms with van der Waals surface area (Å²) < 4.78 is 0. The average molecular weight is 457 g/mol. The summed E-state index contributed by atoms with van der Waals surface area (Å²) in [7, 11) is 0. The predicted molar refractivity (Wildman–Crippen MR) is 127 cm³/mol. The van der Waals surface area contributed by atoms with Crippen molar-refractivity contribution in [2.45, 2.75) is 68.8 Å². The van der Waals surface area contributed by atoms with Gasteiger partial charge in [-0.3, -0.25) is 4.90 Å². The topological polar surface area (TPSA) is 122 Å². The number of nitrogens with one attached hydrogen (secondary N) is 1. The second-order valence-corrected chi connectivity index (χ2v) is 9.32. The van der Waals surface area contributed by atoms with Crippen LogP contribution < -0.4 is 5.32 Å². The summed E-state index contributed by atoms with van der Waals surface area (Å²) in [6.07, 6.45) is 6.79. The van der Waals surface area contributed by atoms with E-state index in [1.807, 2.05) is 11.0 Å². The van der Waals surface area contributed by atoms with Crippen molar-refractivity contribution in [3.05, 3.63) is 42.2 Å². The first kappa shape index (κ1) is 24.0. The van der Waals surface area contributed by atoms with Crippen LogP contribution in [0.5, 0.6) is 0 Å². The molecule has 180 valence electrons. The van der Waals surface area contributed by atoms with E-state index in [0.717, 1.165) is 49.3 Å². The first-order valence-corrected chi connectivity index (χ1v) is 12.1. The Bertz CT molecular complexity index is 880. The Labute approximate surface area is 195 Å².